The van der Waals surface area contributed by atoms with Gasteiger partial charge in [0, 0.05) is 18.1 Å². The maximum absolute atomic E-state index is 11.6. The van der Waals surface area contributed by atoms with E-state index in [1.165, 1.54) is 13.2 Å². The zero-order valence-electron chi connectivity index (χ0n) is 13.5. The Hall–Kier alpha value is -1.96. The lowest BCUT2D eigenvalue weighted by Crippen LogP contribution is -2.33. The van der Waals surface area contributed by atoms with Crippen LogP contribution in [0.4, 0.5) is 4.79 Å². The Morgan fingerprint density at radius 2 is 1.95 bits per heavy atom. The average Bonchev–Trinajstić information content (AvgIpc) is 2.38. The fraction of sp³-hybridized carbons (Fsp3) is 0.625. The van der Waals surface area contributed by atoms with E-state index in [1.54, 1.807) is 20.8 Å². The van der Waals surface area contributed by atoms with Crippen molar-refractivity contribution in [1.82, 2.24) is 5.32 Å². The highest BCUT2D eigenvalue weighted by Gasteiger charge is 2.15. The third-order valence-electron chi connectivity index (χ3n) is 2.22. The molecular weight excluding hydrogens is 270 g/mol. The first-order valence-electron chi connectivity index (χ1n) is 7.02. The van der Waals surface area contributed by atoms with Crippen LogP contribution in [-0.2, 0) is 14.3 Å². The minimum Gasteiger partial charge on any atom is -0.466 e. The second kappa shape index (κ2) is 9.87. The molecule has 0 radical (unpaired) electrons. The first-order chi connectivity index (χ1) is 9.78. The minimum atomic E-state index is -0.566. The number of esters is 1. The summed E-state index contributed by atoms with van der Waals surface area (Å²) in [6.45, 7) is 7.55. The number of methoxy groups -OCH3 is 1. The lowest BCUT2D eigenvalue weighted by molar-refractivity contribution is -0.134. The Bertz CT molecular complexity index is 435. The van der Waals surface area contributed by atoms with Crippen LogP contribution >= 0.6 is 0 Å². The fourth-order valence-electron chi connectivity index (χ4n) is 1.26. The largest absolute Gasteiger partial charge is 0.466 e. The molecule has 1 N–H and O–H groups in total. The van der Waals surface area contributed by atoms with Crippen LogP contribution in [0.3, 0.4) is 0 Å². The van der Waals surface area contributed by atoms with E-state index in [0.717, 1.165) is 19.3 Å². The smallest absolute Gasteiger partial charge is 0.407 e. The van der Waals surface area contributed by atoms with Gasteiger partial charge in [0.25, 0.3) is 0 Å². The molecule has 0 aromatic heterocycles. The summed E-state index contributed by atoms with van der Waals surface area (Å²) in [6.07, 6.45) is 3.53. The summed E-state index contributed by atoms with van der Waals surface area (Å²) in [6, 6.07) is 0. The lowest BCUT2D eigenvalue weighted by Gasteiger charge is -2.19. The Balaban J connectivity index is 4.60. The number of ether oxygens (including phenoxy) is 2. The van der Waals surface area contributed by atoms with Crippen molar-refractivity contribution in [2.75, 3.05) is 13.7 Å². The van der Waals surface area contributed by atoms with Crippen molar-refractivity contribution < 1.29 is 19.1 Å². The van der Waals surface area contributed by atoms with E-state index in [2.05, 4.69) is 28.8 Å². The zero-order valence-corrected chi connectivity index (χ0v) is 13.5. The van der Waals surface area contributed by atoms with Crippen molar-refractivity contribution >= 4 is 12.1 Å². The number of carbonyl (C=O) groups excluding carboxylic acids is 2. The maximum atomic E-state index is 11.6. The molecule has 0 saturated carbocycles. The molecular formula is C16H25NO4. The standard InChI is InChI=1S/C16H25NO4/c1-6-7-8-9-10-13(11-14(18)20-5)12-17-15(19)21-16(2,3)4/h11H,6-8,12H2,1-5H3,(H,17,19)/b13-11+. The molecule has 0 saturated heterocycles. The molecule has 1 amide bonds. The molecule has 0 aliphatic rings. The van der Waals surface area contributed by atoms with Gasteiger partial charge in [0.15, 0.2) is 0 Å². The van der Waals surface area contributed by atoms with Gasteiger partial charge >= 0.3 is 12.1 Å². The van der Waals surface area contributed by atoms with Gasteiger partial charge < -0.3 is 14.8 Å². The number of amides is 1. The zero-order chi connectivity index (χ0) is 16.3. The van der Waals surface area contributed by atoms with Crippen LogP contribution in [0, 0.1) is 11.8 Å². The van der Waals surface area contributed by atoms with E-state index in [-0.39, 0.29) is 6.54 Å². The summed E-state index contributed by atoms with van der Waals surface area (Å²) in [5.74, 6) is 5.35. The molecule has 5 nitrogen and oxygen atoms in total. The topological polar surface area (TPSA) is 64.6 Å². The Morgan fingerprint density at radius 3 is 2.48 bits per heavy atom. The van der Waals surface area contributed by atoms with Crippen LogP contribution in [0.1, 0.15) is 47.0 Å². The van der Waals surface area contributed by atoms with E-state index >= 15 is 0 Å². The highest BCUT2D eigenvalue weighted by molar-refractivity contribution is 5.84. The summed E-state index contributed by atoms with van der Waals surface area (Å²) < 4.78 is 9.69. The van der Waals surface area contributed by atoms with Gasteiger partial charge in [0.1, 0.15) is 5.60 Å². The third-order valence-corrected chi connectivity index (χ3v) is 2.22. The van der Waals surface area contributed by atoms with Crippen LogP contribution < -0.4 is 5.32 Å². The van der Waals surface area contributed by atoms with Crippen molar-refractivity contribution in [3.8, 4) is 11.8 Å². The quantitative estimate of drug-likeness (QED) is 0.366. The van der Waals surface area contributed by atoms with E-state index < -0.39 is 17.7 Å². The van der Waals surface area contributed by atoms with Crippen LogP contribution in [0.15, 0.2) is 11.6 Å². The summed E-state index contributed by atoms with van der Waals surface area (Å²) in [5, 5.41) is 2.57. The molecule has 0 spiro atoms. The summed E-state index contributed by atoms with van der Waals surface area (Å²) in [5.41, 5.74) is -0.0767. The van der Waals surface area contributed by atoms with Gasteiger partial charge in [0.05, 0.1) is 13.7 Å². The van der Waals surface area contributed by atoms with E-state index in [1.807, 2.05) is 0 Å². The van der Waals surface area contributed by atoms with Crippen molar-refractivity contribution in [2.45, 2.75) is 52.6 Å². The molecule has 0 atom stereocenters. The number of carbonyl (C=O) groups is 2. The second-order valence-electron chi connectivity index (χ2n) is 5.45. The van der Waals surface area contributed by atoms with Crippen molar-refractivity contribution in [1.29, 1.82) is 0 Å². The predicted octanol–water partition coefficient (Wildman–Crippen LogP) is 2.80. The molecule has 0 fully saturated rings. The maximum Gasteiger partial charge on any atom is 0.407 e. The first kappa shape index (κ1) is 19.0. The van der Waals surface area contributed by atoms with Gasteiger partial charge in [-0.15, -0.1) is 0 Å². The van der Waals surface area contributed by atoms with Gasteiger partial charge in [-0.2, -0.15) is 0 Å². The van der Waals surface area contributed by atoms with Crippen LogP contribution in [-0.4, -0.2) is 31.3 Å². The van der Waals surface area contributed by atoms with E-state index in [9.17, 15) is 9.59 Å². The lowest BCUT2D eigenvalue weighted by atomic mass is 10.2. The fourth-order valence-corrected chi connectivity index (χ4v) is 1.26. The molecule has 0 heterocycles. The van der Waals surface area contributed by atoms with Crippen molar-refractivity contribution in [3.63, 3.8) is 0 Å². The van der Waals surface area contributed by atoms with Gasteiger partial charge in [0.2, 0.25) is 0 Å². The second-order valence-corrected chi connectivity index (χ2v) is 5.45. The molecule has 0 aliphatic heterocycles. The van der Waals surface area contributed by atoms with Crippen molar-refractivity contribution in [2.24, 2.45) is 0 Å². The van der Waals surface area contributed by atoms with Crippen molar-refractivity contribution in [3.05, 3.63) is 11.6 Å². The molecule has 118 valence electrons. The number of alkyl carbamates (subject to hydrolysis) is 1. The van der Waals surface area contributed by atoms with E-state index in [4.69, 9.17) is 4.74 Å². The molecule has 0 rings (SSSR count). The van der Waals surface area contributed by atoms with Gasteiger partial charge in [-0.05, 0) is 27.2 Å². The summed E-state index contributed by atoms with van der Waals surface area (Å²) in [7, 11) is 1.29. The molecule has 21 heavy (non-hydrogen) atoms. The predicted molar refractivity (Wildman–Crippen MR) is 81.6 cm³/mol. The monoisotopic (exact) mass is 295 g/mol. The average molecular weight is 295 g/mol. The Morgan fingerprint density at radius 1 is 1.29 bits per heavy atom. The van der Waals surface area contributed by atoms with Gasteiger partial charge in [-0.25, -0.2) is 9.59 Å². The summed E-state index contributed by atoms with van der Waals surface area (Å²) >= 11 is 0. The molecule has 0 bridgehead atoms. The highest BCUT2D eigenvalue weighted by Crippen LogP contribution is 2.06. The van der Waals surface area contributed by atoms with E-state index in [0.29, 0.717) is 5.57 Å². The number of hydrogen-bond acceptors (Lipinski definition) is 4. The minimum absolute atomic E-state index is 0.128. The molecule has 5 heteroatoms. The van der Waals surface area contributed by atoms with Gasteiger partial charge in [-0.1, -0.05) is 25.2 Å². The Labute approximate surface area is 127 Å². The molecule has 0 aliphatic carbocycles. The normalized spacial score (nSPS) is 11.2. The first-order valence-corrected chi connectivity index (χ1v) is 7.02. The Kier molecular flexibility index (Phi) is 8.95. The van der Waals surface area contributed by atoms with Gasteiger partial charge in [-0.3, -0.25) is 0 Å². The van der Waals surface area contributed by atoms with Crippen LogP contribution in [0.5, 0.6) is 0 Å². The number of unbranched alkanes of at least 4 members (excludes halogenated alkanes) is 2. The number of nitrogens with one attached hydrogen (secondary N) is 1. The summed E-state index contributed by atoms with van der Waals surface area (Å²) in [4.78, 5) is 22.8. The molecule has 0 aromatic carbocycles. The van der Waals surface area contributed by atoms with Crippen LogP contribution in [0.2, 0.25) is 0 Å². The number of rotatable bonds is 5. The van der Waals surface area contributed by atoms with Crippen LogP contribution in [0.25, 0.3) is 0 Å². The molecule has 0 aromatic rings. The molecule has 0 unspecified atom stereocenters. The highest BCUT2D eigenvalue weighted by atomic mass is 16.6. The third kappa shape index (κ3) is 11.6. The SMILES string of the molecule is CCCCC#C/C(=C\C(=O)OC)CNC(=O)OC(C)(C)C. The number of hydrogen-bond donors (Lipinski definition) is 1.